The molecule has 1 aromatic heterocycles. The van der Waals surface area contributed by atoms with Crippen molar-refractivity contribution in [1.29, 1.82) is 0 Å². The fourth-order valence-electron chi connectivity index (χ4n) is 2.34. The van der Waals surface area contributed by atoms with Crippen molar-refractivity contribution in [1.82, 2.24) is 10.3 Å². The van der Waals surface area contributed by atoms with Crippen LogP contribution in [0, 0.1) is 0 Å². The van der Waals surface area contributed by atoms with Gasteiger partial charge in [0.15, 0.2) is 6.61 Å². The Morgan fingerprint density at radius 2 is 2.26 bits per heavy atom. The van der Waals surface area contributed by atoms with Crippen LogP contribution in [-0.4, -0.2) is 30.1 Å². The second-order valence-electron chi connectivity index (χ2n) is 5.38. The summed E-state index contributed by atoms with van der Waals surface area (Å²) in [4.78, 5) is 16.3. The number of nitrogens with one attached hydrogen (secondary N) is 1. The first-order valence-corrected chi connectivity index (χ1v) is 8.19. The van der Waals surface area contributed by atoms with Gasteiger partial charge in [-0.1, -0.05) is 31.4 Å². The molecule has 2 aromatic rings. The summed E-state index contributed by atoms with van der Waals surface area (Å²) in [6.07, 6.45) is 4.66. The highest BCUT2D eigenvalue weighted by Crippen LogP contribution is 2.29. The van der Waals surface area contributed by atoms with E-state index in [4.69, 9.17) is 22.1 Å². The molecule has 1 aromatic carbocycles. The Morgan fingerprint density at radius 1 is 1.43 bits per heavy atom. The third-order valence-corrected chi connectivity index (χ3v) is 3.92. The van der Waals surface area contributed by atoms with Gasteiger partial charge in [-0.15, -0.1) is 0 Å². The van der Waals surface area contributed by atoms with E-state index in [9.17, 15) is 4.79 Å². The summed E-state index contributed by atoms with van der Waals surface area (Å²) >= 11 is 6.14. The number of nitrogens with zero attached hydrogens (tertiary/aromatic N) is 1. The van der Waals surface area contributed by atoms with Crippen LogP contribution in [0.25, 0.3) is 10.9 Å². The van der Waals surface area contributed by atoms with Gasteiger partial charge in [0.2, 0.25) is 0 Å². The van der Waals surface area contributed by atoms with Crippen molar-refractivity contribution in [2.24, 2.45) is 5.73 Å². The van der Waals surface area contributed by atoms with Crippen LogP contribution in [-0.2, 0) is 4.79 Å². The molecule has 3 N–H and O–H groups in total. The van der Waals surface area contributed by atoms with Crippen LogP contribution in [0.1, 0.15) is 26.2 Å². The van der Waals surface area contributed by atoms with Gasteiger partial charge in [-0.3, -0.25) is 9.78 Å². The fourth-order valence-corrected chi connectivity index (χ4v) is 2.56. The summed E-state index contributed by atoms with van der Waals surface area (Å²) in [7, 11) is 0. The highest BCUT2D eigenvalue weighted by atomic mass is 35.5. The average molecular weight is 336 g/mol. The Kier molecular flexibility index (Phi) is 6.62. The number of benzene rings is 1. The lowest BCUT2D eigenvalue weighted by Crippen LogP contribution is -2.42. The molecule has 0 aliphatic carbocycles. The number of nitrogens with two attached hydrogens (primary N) is 1. The van der Waals surface area contributed by atoms with Crippen LogP contribution in [0.5, 0.6) is 5.75 Å². The number of amides is 1. The predicted molar refractivity (Wildman–Crippen MR) is 92.8 cm³/mol. The molecule has 6 heteroatoms. The zero-order valence-electron chi connectivity index (χ0n) is 13.2. The number of fused-ring (bicyclic) bond motifs is 1. The second-order valence-corrected chi connectivity index (χ2v) is 5.78. The zero-order chi connectivity index (χ0) is 16.7. The van der Waals surface area contributed by atoms with E-state index in [1.54, 1.807) is 18.3 Å². The van der Waals surface area contributed by atoms with Crippen molar-refractivity contribution >= 4 is 28.4 Å². The van der Waals surface area contributed by atoms with Gasteiger partial charge in [0, 0.05) is 24.2 Å². The van der Waals surface area contributed by atoms with E-state index in [0.717, 1.165) is 24.6 Å². The minimum atomic E-state index is -0.185. The highest BCUT2D eigenvalue weighted by molar-refractivity contribution is 6.35. The first kappa shape index (κ1) is 17.5. The summed E-state index contributed by atoms with van der Waals surface area (Å²) in [5.41, 5.74) is 6.33. The van der Waals surface area contributed by atoms with E-state index in [1.807, 2.05) is 12.1 Å². The Morgan fingerprint density at radius 3 is 3.00 bits per heavy atom. The number of unbranched alkanes of at least 4 members (excludes halogenated alkanes) is 1. The Bertz CT molecular complexity index is 663. The number of carbonyl (C=O) groups is 1. The van der Waals surface area contributed by atoms with Crippen LogP contribution in [0.4, 0.5) is 0 Å². The van der Waals surface area contributed by atoms with E-state index in [2.05, 4.69) is 17.2 Å². The summed E-state index contributed by atoms with van der Waals surface area (Å²) in [6, 6.07) is 7.13. The Balaban J connectivity index is 1.98. The van der Waals surface area contributed by atoms with Gasteiger partial charge >= 0.3 is 0 Å². The maximum Gasteiger partial charge on any atom is 0.258 e. The molecule has 23 heavy (non-hydrogen) atoms. The van der Waals surface area contributed by atoms with Crippen molar-refractivity contribution in [3.63, 3.8) is 0 Å². The SMILES string of the molecule is CCCCC(CN)NC(=O)COc1ccc(Cl)c2cccnc12. The second kappa shape index (κ2) is 8.70. The molecule has 0 aliphatic rings. The largest absolute Gasteiger partial charge is 0.481 e. The topological polar surface area (TPSA) is 77.2 Å². The van der Waals surface area contributed by atoms with E-state index < -0.39 is 0 Å². The van der Waals surface area contributed by atoms with Crippen LogP contribution in [0.2, 0.25) is 5.02 Å². The molecule has 5 nitrogen and oxygen atoms in total. The number of hydrogen-bond donors (Lipinski definition) is 2. The molecule has 0 saturated carbocycles. The van der Waals surface area contributed by atoms with Gasteiger partial charge in [-0.05, 0) is 30.7 Å². The summed E-state index contributed by atoms with van der Waals surface area (Å²) in [5.74, 6) is 0.355. The molecule has 1 atom stereocenters. The van der Waals surface area contributed by atoms with Crippen molar-refractivity contribution in [2.45, 2.75) is 32.2 Å². The molecule has 0 fully saturated rings. The first-order valence-electron chi connectivity index (χ1n) is 7.81. The third-order valence-electron chi connectivity index (χ3n) is 3.59. The standard InChI is InChI=1S/C17H22ClN3O2/c1-2-3-5-12(10-19)21-16(22)11-23-15-8-7-14(18)13-6-4-9-20-17(13)15/h4,6-9,12H,2-3,5,10-11,19H2,1H3,(H,21,22). The van der Waals surface area contributed by atoms with Gasteiger partial charge in [0.05, 0.1) is 5.02 Å². The minimum absolute atomic E-state index is 0.00821. The first-order chi connectivity index (χ1) is 11.2. The van der Waals surface area contributed by atoms with E-state index in [-0.39, 0.29) is 18.6 Å². The van der Waals surface area contributed by atoms with E-state index in [1.165, 1.54) is 0 Å². The normalized spacial score (nSPS) is 12.1. The van der Waals surface area contributed by atoms with Crippen molar-refractivity contribution in [3.05, 3.63) is 35.5 Å². The monoisotopic (exact) mass is 335 g/mol. The van der Waals surface area contributed by atoms with Gasteiger partial charge in [0.1, 0.15) is 11.3 Å². The average Bonchev–Trinajstić information content (AvgIpc) is 2.58. The molecule has 0 aliphatic heterocycles. The van der Waals surface area contributed by atoms with E-state index >= 15 is 0 Å². The summed E-state index contributed by atoms with van der Waals surface area (Å²) in [5, 5.41) is 4.30. The molecule has 0 radical (unpaired) electrons. The molecule has 124 valence electrons. The quantitative estimate of drug-likeness (QED) is 0.777. The number of rotatable bonds is 8. The van der Waals surface area contributed by atoms with E-state index in [0.29, 0.717) is 22.8 Å². The molecular formula is C17H22ClN3O2. The highest BCUT2D eigenvalue weighted by Gasteiger charge is 2.12. The van der Waals surface area contributed by atoms with Crippen LogP contribution < -0.4 is 15.8 Å². The molecule has 2 rings (SSSR count). The fraction of sp³-hybridized carbons (Fsp3) is 0.412. The smallest absolute Gasteiger partial charge is 0.258 e. The Labute approximate surface area is 141 Å². The van der Waals surface area contributed by atoms with Crippen LogP contribution in [0.15, 0.2) is 30.5 Å². The Hall–Kier alpha value is -1.85. The van der Waals surface area contributed by atoms with Crippen molar-refractivity contribution < 1.29 is 9.53 Å². The molecule has 0 bridgehead atoms. The lowest BCUT2D eigenvalue weighted by molar-refractivity contribution is -0.123. The number of pyridine rings is 1. The zero-order valence-corrected chi connectivity index (χ0v) is 14.0. The lowest BCUT2D eigenvalue weighted by Gasteiger charge is -2.17. The number of aromatic nitrogens is 1. The van der Waals surface area contributed by atoms with Crippen LogP contribution in [0.3, 0.4) is 0 Å². The summed E-state index contributed by atoms with van der Waals surface area (Å²) in [6.45, 7) is 2.46. The van der Waals surface area contributed by atoms with Gasteiger partial charge < -0.3 is 15.8 Å². The van der Waals surface area contributed by atoms with Gasteiger partial charge in [-0.25, -0.2) is 0 Å². The number of halogens is 1. The number of hydrogen-bond acceptors (Lipinski definition) is 4. The molecular weight excluding hydrogens is 314 g/mol. The van der Waals surface area contributed by atoms with Crippen LogP contribution >= 0.6 is 11.6 Å². The lowest BCUT2D eigenvalue weighted by atomic mass is 10.1. The summed E-state index contributed by atoms with van der Waals surface area (Å²) < 4.78 is 5.61. The number of ether oxygens (including phenoxy) is 1. The molecule has 0 saturated heterocycles. The van der Waals surface area contributed by atoms with Crippen molar-refractivity contribution in [3.8, 4) is 5.75 Å². The molecule has 1 heterocycles. The number of carbonyl (C=O) groups excluding carboxylic acids is 1. The molecule has 1 unspecified atom stereocenters. The van der Waals surface area contributed by atoms with Gasteiger partial charge in [0.25, 0.3) is 5.91 Å². The molecule has 1 amide bonds. The maximum atomic E-state index is 12.0. The van der Waals surface area contributed by atoms with Crippen molar-refractivity contribution in [2.75, 3.05) is 13.2 Å². The van der Waals surface area contributed by atoms with Gasteiger partial charge in [-0.2, -0.15) is 0 Å². The third kappa shape index (κ3) is 4.81. The molecule has 0 spiro atoms. The predicted octanol–water partition coefficient (Wildman–Crippen LogP) is 2.90. The minimum Gasteiger partial charge on any atom is -0.481 e. The maximum absolute atomic E-state index is 12.0.